The molecule has 1 aliphatic heterocycles. The molecule has 1 heterocycles. The number of ether oxygens (including phenoxy) is 1. The van der Waals surface area contributed by atoms with E-state index < -0.39 is 0 Å². The van der Waals surface area contributed by atoms with Gasteiger partial charge in [-0.3, -0.25) is 4.79 Å². The van der Waals surface area contributed by atoms with Crippen molar-refractivity contribution in [3.05, 3.63) is 69.2 Å². The van der Waals surface area contributed by atoms with Gasteiger partial charge in [0.05, 0.1) is 34.4 Å². The Morgan fingerprint density at radius 1 is 1.28 bits per heavy atom. The third kappa shape index (κ3) is 5.85. The average molecular weight is 455 g/mol. The fraction of sp³-hybridized carbons (Fsp3) is 0.333. The number of hydrogen-bond acceptors (Lipinski definition) is 4. The van der Waals surface area contributed by atoms with Crippen molar-refractivity contribution < 1.29 is 9.53 Å². The lowest BCUT2D eigenvalue weighted by Crippen LogP contribution is -2.38. The Hall–Kier alpha value is -1.81. The lowest BCUT2D eigenvalue weighted by Gasteiger charge is -2.29. The maximum absolute atomic E-state index is 12.8. The van der Waals surface area contributed by atoms with Crippen LogP contribution in [0.1, 0.15) is 27.6 Å². The summed E-state index contributed by atoms with van der Waals surface area (Å²) in [4.78, 5) is 14.5. The fourth-order valence-electron chi connectivity index (χ4n) is 3.38. The molecule has 2 aromatic rings. The number of carbonyl (C=O) groups is 1. The molecule has 0 bridgehead atoms. The summed E-state index contributed by atoms with van der Waals surface area (Å²) in [5.74, 6) is -0.0953. The van der Waals surface area contributed by atoms with Crippen LogP contribution >= 0.6 is 35.6 Å². The van der Waals surface area contributed by atoms with Crippen LogP contribution in [-0.2, 0) is 4.74 Å². The highest BCUT2D eigenvalue weighted by Gasteiger charge is 2.29. The van der Waals surface area contributed by atoms with Crippen LogP contribution in [0.5, 0.6) is 0 Å². The van der Waals surface area contributed by atoms with Gasteiger partial charge in [-0.15, -0.1) is 12.4 Å². The molecule has 1 fully saturated rings. The van der Waals surface area contributed by atoms with Gasteiger partial charge in [0.1, 0.15) is 0 Å². The van der Waals surface area contributed by atoms with Crippen LogP contribution < -0.4 is 5.32 Å². The minimum absolute atomic E-state index is 0. The van der Waals surface area contributed by atoms with E-state index in [-0.39, 0.29) is 30.3 Å². The highest BCUT2D eigenvalue weighted by Crippen LogP contribution is 2.32. The molecule has 2 atom stereocenters. The second kappa shape index (κ2) is 10.8. The molecular weight excluding hydrogens is 433 g/mol. The molecule has 0 saturated carbocycles. The fourth-order valence-corrected chi connectivity index (χ4v) is 3.69. The van der Waals surface area contributed by atoms with Gasteiger partial charge >= 0.3 is 0 Å². The quantitative estimate of drug-likeness (QED) is 0.746. The lowest BCUT2D eigenvalue weighted by molar-refractivity contribution is 0.0205. The third-order valence-electron chi connectivity index (χ3n) is 4.78. The summed E-state index contributed by atoms with van der Waals surface area (Å²) < 4.78 is 6.07. The SMILES string of the molecule is CN(C[C@@H]1CNCCO[C@H]1c1ccc(Cl)c(Cl)c1)C(=O)c1cccc(C#N)c1.Cl. The minimum atomic E-state index is -0.203. The molecule has 0 aliphatic carbocycles. The Labute approximate surface area is 187 Å². The Balaban J connectivity index is 0.00000300. The van der Waals surface area contributed by atoms with E-state index in [0.717, 1.165) is 12.1 Å². The summed E-state index contributed by atoms with van der Waals surface area (Å²) in [5.41, 5.74) is 1.90. The number of nitrogens with zero attached hydrogens (tertiary/aromatic N) is 2. The van der Waals surface area contributed by atoms with Crippen molar-refractivity contribution in [2.75, 3.05) is 33.3 Å². The summed E-state index contributed by atoms with van der Waals surface area (Å²) >= 11 is 12.2. The molecule has 0 unspecified atom stereocenters. The van der Waals surface area contributed by atoms with Crippen molar-refractivity contribution in [2.24, 2.45) is 5.92 Å². The number of amides is 1. The van der Waals surface area contributed by atoms with E-state index in [2.05, 4.69) is 11.4 Å². The zero-order chi connectivity index (χ0) is 20.1. The predicted octanol–water partition coefficient (Wildman–Crippen LogP) is 4.34. The first kappa shape index (κ1) is 23.5. The van der Waals surface area contributed by atoms with Crippen LogP contribution in [0.15, 0.2) is 42.5 Å². The van der Waals surface area contributed by atoms with Crippen LogP contribution in [0, 0.1) is 17.2 Å². The third-order valence-corrected chi connectivity index (χ3v) is 5.52. The van der Waals surface area contributed by atoms with Crippen LogP contribution in [0.2, 0.25) is 10.0 Å². The van der Waals surface area contributed by atoms with Gasteiger partial charge in [0, 0.05) is 38.2 Å². The first-order valence-corrected chi connectivity index (χ1v) is 9.78. The molecule has 5 nitrogen and oxygen atoms in total. The van der Waals surface area contributed by atoms with Crippen molar-refractivity contribution >= 4 is 41.5 Å². The summed E-state index contributed by atoms with van der Waals surface area (Å²) in [6.45, 7) is 2.52. The molecule has 29 heavy (non-hydrogen) atoms. The normalized spacial score (nSPS) is 18.8. The first-order chi connectivity index (χ1) is 13.5. The number of rotatable bonds is 4. The smallest absolute Gasteiger partial charge is 0.253 e. The number of halogens is 3. The number of hydrogen-bond donors (Lipinski definition) is 1. The molecule has 8 heteroatoms. The van der Waals surface area contributed by atoms with E-state index in [9.17, 15) is 4.79 Å². The maximum Gasteiger partial charge on any atom is 0.253 e. The number of benzene rings is 2. The topological polar surface area (TPSA) is 65.4 Å². The van der Waals surface area contributed by atoms with Crippen LogP contribution in [0.3, 0.4) is 0 Å². The number of nitriles is 1. The van der Waals surface area contributed by atoms with Gasteiger partial charge in [-0.1, -0.05) is 35.3 Å². The summed E-state index contributed by atoms with van der Waals surface area (Å²) in [7, 11) is 1.76. The zero-order valence-corrected chi connectivity index (χ0v) is 18.2. The minimum Gasteiger partial charge on any atom is -0.372 e. The summed E-state index contributed by atoms with van der Waals surface area (Å²) in [6.07, 6.45) is -0.203. The van der Waals surface area contributed by atoms with Crippen molar-refractivity contribution in [2.45, 2.75) is 6.10 Å². The summed E-state index contributed by atoms with van der Waals surface area (Å²) in [6, 6.07) is 14.3. The van der Waals surface area contributed by atoms with E-state index in [1.165, 1.54) is 0 Å². The van der Waals surface area contributed by atoms with Gasteiger partial charge in [0.2, 0.25) is 0 Å². The number of nitrogens with one attached hydrogen (secondary N) is 1. The Morgan fingerprint density at radius 2 is 2.07 bits per heavy atom. The second-order valence-corrected chi connectivity index (χ2v) is 7.62. The highest BCUT2D eigenvalue weighted by atomic mass is 35.5. The zero-order valence-electron chi connectivity index (χ0n) is 15.9. The van der Waals surface area contributed by atoms with E-state index >= 15 is 0 Å². The predicted molar refractivity (Wildman–Crippen MR) is 117 cm³/mol. The van der Waals surface area contributed by atoms with Gasteiger partial charge in [-0.2, -0.15) is 5.26 Å². The molecule has 3 rings (SSSR count). The molecule has 2 aromatic carbocycles. The standard InChI is InChI=1S/C21H21Cl2N3O2.ClH/c1-26(21(27)16-4-2-3-14(9-16)11-24)13-17-12-25-7-8-28-20(17)15-5-6-18(22)19(23)10-15;/h2-6,9-10,17,20,25H,7-8,12-13H2,1H3;1H/t17-,20-;/m0./s1. The van der Waals surface area contributed by atoms with Gasteiger partial charge in [-0.05, 0) is 35.9 Å². The molecule has 0 spiro atoms. The van der Waals surface area contributed by atoms with Crippen molar-refractivity contribution in [1.29, 1.82) is 5.26 Å². The van der Waals surface area contributed by atoms with Gasteiger partial charge in [0.15, 0.2) is 0 Å². The van der Waals surface area contributed by atoms with Gasteiger partial charge < -0.3 is 15.0 Å². The largest absolute Gasteiger partial charge is 0.372 e. The van der Waals surface area contributed by atoms with E-state index in [1.54, 1.807) is 42.3 Å². The van der Waals surface area contributed by atoms with Gasteiger partial charge in [-0.25, -0.2) is 0 Å². The maximum atomic E-state index is 12.8. The Bertz CT molecular complexity index is 901. The van der Waals surface area contributed by atoms with Gasteiger partial charge in [0.25, 0.3) is 5.91 Å². The molecule has 1 aliphatic rings. The van der Waals surface area contributed by atoms with Crippen molar-refractivity contribution in [3.8, 4) is 6.07 Å². The van der Waals surface area contributed by atoms with Crippen LogP contribution in [-0.4, -0.2) is 44.1 Å². The molecule has 0 aromatic heterocycles. The van der Waals surface area contributed by atoms with Crippen LogP contribution in [0.4, 0.5) is 0 Å². The Morgan fingerprint density at radius 3 is 2.79 bits per heavy atom. The first-order valence-electron chi connectivity index (χ1n) is 9.02. The molecule has 1 amide bonds. The van der Waals surface area contributed by atoms with E-state index in [0.29, 0.717) is 40.9 Å². The second-order valence-electron chi connectivity index (χ2n) is 6.81. The lowest BCUT2D eigenvalue weighted by atomic mass is 9.94. The molecule has 1 N–H and O–H groups in total. The highest BCUT2D eigenvalue weighted by molar-refractivity contribution is 6.42. The molecular formula is C21H22Cl3N3O2. The molecule has 0 radical (unpaired) electrons. The van der Waals surface area contributed by atoms with Crippen LogP contribution in [0.25, 0.3) is 0 Å². The Kier molecular flexibility index (Phi) is 8.76. The number of carbonyl (C=O) groups excluding carboxylic acids is 1. The van der Waals surface area contributed by atoms with Crippen molar-refractivity contribution in [1.82, 2.24) is 10.2 Å². The van der Waals surface area contributed by atoms with E-state index in [4.69, 9.17) is 33.2 Å². The molecule has 154 valence electrons. The monoisotopic (exact) mass is 453 g/mol. The molecule has 1 saturated heterocycles. The van der Waals surface area contributed by atoms with E-state index in [1.807, 2.05) is 12.1 Å². The average Bonchev–Trinajstić information content (AvgIpc) is 2.95. The van der Waals surface area contributed by atoms with Crippen molar-refractivity contribution in [3.63, 3.8) is 0 Å². The summed E-state index contributed by atoms with van der Waals surface area (Å²) in [5, 5.41) is 13.4.